The molecule has 0 aliphatic carbocycles. The van der Waals surface area contributed by atoms with Gasteiger partial charge in [-0.25, -0.2) is 0 Å². The summed E-state index contributed by atoms with van der Waals surface area (Å²) in [6, 6.07) is 12.0. The fourth-order valence-electron chi connectivity index (χ4n) is 2.23. The molecule has 0 fully saturated rings. The molecule has 0 spiro atoms. The Morgan fingerprint density at radius 3 is 2.65 bits per heavy atom. The second kappa shape index (κ2) is 5.47. The third-order valence-electron chi connectivity index (χ3n) is 3.30. The molecule has 0 radical (unpaired) electrons. The molecular weight excluding hydrogens is 270 g/mol. The molecule has 20 heavy (non-hydrogen) atoms. The minimum Gasteiger partial charge on any atom is -0.378 e. The van der Waals surface area contributed by atoms with Crippen molar-refractivity contribution in [3.8, 4) is 0 Å². The summed E-state index contributed by atoms with van der Waals surface area (Å²) in [7, 11) is 0. The molecular formula is C16H14ClN3. The highest BCUT2D eigenvalue weighted by Crippen LogP contribution is 2.30. The average molecular weight is 284 g/mol. The molecule has 2 heterocycles. The Morgan fingerprint density at radius 2 is 1.85 bits per heavy atom. The number of fused-ring (bicyclic) bond motifs is 1. The number of anilines is 1. The number of aromatic nitrogens is 2. The number of benzene rings is 1. The normalized spacial score (nSPS) is 12.3. The summed E-state index contributed by atoms with van der Waals surface area (Å²) in [5.74, 6) is 0. The van der Waals surface area contributed by atoms with Crippen LogP contribution in [0.2, 0.25) is 5.02 Å². The Hall–Kier alpha value is -2.13. The van der Waals surface area contributed by atoms with Crippen molar-refractivity contribution >= 4 is 28.2 Å². The van der Waals surface area contributed by atoms with E-state index >= 15 is 0 Å². The lowest BCUT2D eigenvalue weighted by Gasteiger charge is -2.17. The van der Waals surface area contributed by atoms with Gasteiger partial charge in [0.05, 0.1) is 10.5 Å². The maximum atomic E-state index is 6.18. The molecule has 3 rings (SSSR count). The van der Waals surface area contributed by atoms with E-state index in [-0.39, 0.29) is 6.04 Å². The van der Waals surface area contributed by atoms with Gasteiger partial charge in [-0.15, -0.1) is 0 Å². The van der Waals surface area contributed by atoms with E-state index in [9.17, 15) is 0 Å². The molecule has 3 aromatic rings. The highest BCUT2D eigenvalue weighted by atomic mass is 35.5. The Labute approximate surface area is 122 Å². The van der Waals surface area contributed by atoms with Crippen LogP contribution in [0.3, 0.4) is 0 Å². The summed E-state index contributed by atoms with van der Waals surface area (Å²) < 4.78 is 0. The number of hydrogen-bond donors (Lipinski definition) is 1. The van der Waals surface area contributed by atoms with Crippen molar-refractivity contribution in [2.24, 2.45) is 0 Å². The van der Waals surface area contributed by atoms with Crippen LogP contribution < -0.4 is 5.32 Å². The first-order chi connectivity index (χ1) is 9.75. The van der Waals surface area contributed by atoms with Gasteiger partial charge in [-0.1, -0.05) is 11.6 Å². The highest BCUT2D eigenvalue weighted by Gasteiger charge is 2.09. The minimum absolute atomic E-state index is 0.183. The van der Waals surface area contributed by atoms with Gasteiger partial charge in [0.2, 0.25) is 0 Å². The number of hydrogen-bond acceptors (Lipinski definition) is 3. The van der Waals surface area contributed by atoms with Crippen molar-refractivity contribution in [1.82, 2.24) is 9.97 Å². The second-order valence-corrected chi connectivity index (χ2v) is 5.05. The van der Waals surface area contributed by atoms with Crippen molar-refractivity contribution in [1.29, 1.82) is 0 Å². The molecule has 0 bridgehead atoms. The van der Waals surface area contributed by atoms with Crippen LogP contribution >= 0.6 is 11.6 Å². The first-order valence-electron chi connectivity index (χ1n) is 6.45. The third kappa shape index (κ3) is 2.45. The van der Waals surface area contributed by atoms with Crippen molar-refractivity contribution in [3.63, 3.8) is 0 Å². The Kier molecular flexibility index (Phi) is 3.52. The zero-order chi connectivity index (χ0) is 13.9. The van der Waals surface area contributed by atoms with E-state index < -0.39 is 0 Å². The van der Waals surface area contributed by atoms with E-state index in [1.165, 1.54) is 5.56 Å². The van der Waals surface area contributed by atoms with Gasteiger partial charge in [-0.05, 0) is 48.9 Å². The van der Waals surface area contributed by atoms with E-state index in [2.05, 4.69) is 22.2 Å². The average Bonchev–Trinajstić information content (AvgIpc) is 2.51. The lowest BCUT2D eigenvalue weighted by atomic mass is 10.1. The number of pyridine rings is 2. The first-order valence-corrected chi connectivity index (χ1v) is 6.83. The highest BCUT2D eigenvalue weighted by molar-refractivity contribution is 6.35. The van der Waals surface area contributed by atoms with Crippen LogP contribution in [0.4, 0.5) is 5.69 Å². The van der Waals surface area contributed by atoms with Crippen molar-refractivity contribution in [2.75, 3.05) is 5.32 Å². The predicted octanol–water partition coefficient (Wildman–Crippen LogP) is 4.46. The van der Waals surface area contributed by atoms with E-state index in [1.807, 2.05) is 36.4 Å². The molecule has 0 aliphatic rings. The fourth-order valence-corrected chi connectivity index (χ4v) is 2.45. The maximum Gasteiger partial charge on any atom is 0.0908 e. The smallest absolute Gasteiger partial charge is 0.0908 e. The quantitative estimate of drug-likeness (QED) is 0.771. The maximum absolute atomic E-state index is 6.18. The largest absolute Gasteiger partial charge is 0.378 e. The molecule has 0 saturated carbocycles. The molecule has 0 amide bonds. The number of rotatable bonds is 3. The molecule has 2 aromatic heterocycles. The third-order valence-corrected chi connectivity index (χ3v) is 3.60. The van der Waals surface area contributed by atoms with Crippen molar-refractivity contribution in [3.05, 3.63) is 65.6 Å². The minimum atomic E-state index is 0.183. The zero-order valence-electron chi connectivity index (χ0n) is 11.0. The van der Waals surface area contributed by atoms with Crippen LogP contribution in [-0.4, -0.2) is 9.97 Å². The standard InChI is InChI=1S/C16H14ClN3/c1-11(12-6-9-18-10-7-12)20-15-5-4-14(17)16-13(15)3-2-8-19-16/h2-11,20H,1H3. The zero-order valence-corrected chi connectivity index (χ0v) is 11.8. The summed E-state index contributed by atoms with van der Waals surface area (Å²) in [6.45, 7) is 2.12. The number of nitrogens with one attached hydrogen (secondary N) is 1. The van der Waals surface area contributed by atoms with Gasteiger partial charge in [-0.2, -0.15) is 0 Å². The van der Waals surface area contributed by atoms with Gasteiger partial charge in [0.1, 0.15) is 0 Å². The van der Waals surface area contributed by atoms with Gasteiger partial charge >= 0.3 is 0 Å². The molecule has 3 nitrogen and oxygen atoms in total. The number of nitrogens with zero attached hydrogens (tertiary/aromatic N) is 2. The first kappa shape index (κ1) is 12.9. The van der Waals surface area contributed by atoms with Crippen LogP contribution in [0.15, 0.2) is 55.0 Å². The summed E-state index contributed by atoms with van der Waals surface area (Å²) >= 11 is 6.18. The Balaban J connectivity index is 1.97. The van der Waals surface area contributed by atoms with Gasteiger partial charge in [0, 0.05) is 35.7 Å². The van der Waals surface area contributed by atoms with Crippen LogP contribution in [0.1, 0.15) is 18.5 Å². The molecule has 1 aromatic carbocycles. The van der Waals surface area contributed by atoms with Gasteiger partial charge in [-0.3, -0.25) is 9.97 Å². The monoisotopic (exact) mass is 283 g/mol. The SMILES string of the molecule is CC(Nc1ccc(Cl)c2ncccc12)c1ccncc1. The van der Waals surface area contributed by atoms with E-state index in [4.69, 9.17) is 11.6 Å². The summed E-state index contributed by atoms with van der Waals surface area (Å²) in [5, 5.41) is 5.20. The Morgan fingerprint density at radius 1 is 1.05 bits per heavy atom. The van der Waals surface area contributed by atoms with Gasteiger partial charge < -0.3 is 5.32 Å². The van der Waals surface area contributed by atoms with Gasteiger partial charge in [0.25, 0.3) is 0 Å². The predicted molar refractivity (Wildman–Crippen MR) is 83.0 cm³/mol. The topological polar surface area (TPSA) is 37.8 Å². The molecule has 0 aliphatic heterocycles. The molecule has 1 unspecified atom stereocenters. The fraction of sp³-hybridized carbons (Fsp3) is 0.125. The van der Waals surface area contributed by atoms with Crippen LogP contribution in [0.5, 0.6) is 0 Å². The van der Waals surface area contributed by atoms with Crippen molar-refractivity contribution in [2.45, 2.75) is 13.0 Å². The number of halogens is 1. The van der Waals surface area contributed by atoms with Crippen LogP contribution in [-0.2, 0) is 0 Å². The van der Waals surface area contributed by atoms with E-state index in [0.29, 0.717) is 5.02 Å². The molecule has 4 heteroatoms. The lowest BCUT2D eigenvalue weighted by molar-refractivity contribution is 0.882. The molecule has 1 N–H and O–H groups in total. The van der Waals surface area contributed by atoms with Crippen LogP contribution in [0.25, 0.3) is 10.9 Å². The molecule has 100 valence electrons. The van der Waals surface area contributed by atoms with Gasteiger partial charge in [0.15, 0.2) is 0 Å². The van der Waals surface area contributed by atoms with Crippen LogP contribution in [0, 0.1) is 0 Å². The Bertz CT molecular complexity index is 728. The summed E-state index contributed by atoms with van der Waals surface area (Å²) in [5.41, 5.74) is 3.04. The second-order valence-electron chi connectivity index (χ2n) is 4.64. The molecule has 1 atom stereocenters. The van der Waals surface area contributed by atoms with Crippen molar-refractivity contribution < 1.29 is 0 Å². The lowest BCUT2D eigenvalue weighted by Crippen LogP contribution is -2.07. The summed E-state index contributed by atoms with van der Waals surface area (Å²) in [4.78, 5) is 8.38. The van der Waals surface area contributed by atoms with E-state index in [0.717, 1.165) is 16.6 Å². The van der Waals surface area contributed by atoms with E-state index in [1.54, 1.807) is 18.6 Å². The molecule has 0 saturated heterocycles. The summed E-state index contributed by atoms with van der Waals surface area (Å²) in [6.07, 6.45) is 5.36.